The number of carbonyl (C=O) groups excluding carboxylic acids is 1. The second-order valence-electron chi connectivity index (χ2n) is 5.46. The van der Waals surface area contributed by atoms with E-state index >= 15 is 0 Å². The summed E-state index contributed by atoms with van der Waals surface area (Å²) in [5.74, 6) is -0.387. The first-order valence-corrected chi connectivity index (χ1v) is 8.34. The normalized spacial score (nSPS) is 10.9. The van der Waals surface area contributed by atoms with Crippen molar-refractivity contribution >= 4 is 17.2 Å². The number of benzene rings is 1. The molecule has 0 bridgehead atoms. The summed E-state index contributed by atoms with van der Waals surface area (Å²) in [7, 11) is 0. The molecule has 0 aliphatic rings. The monoisotopic (exact) mass is 343 g/mol. The number of carbonyl (C=O) groups is 1. The van der Waals surface area contributed by atoms with Crippen LogP contribution < -0.4 is 10.6 Å². The molecule has 0 fully saturated rings. The molecule has 0 atom stereocenters. The molecule has 3 rings (SSSR count). The third-order valence-corrected chi connectivity index (χ3v) is 4.61. The summed E-state index contributed by atoms with van der Waals surface area (Å²) in [6.07, 6.45) is 1.97. The Bertz CT molecular complexity index is 924. The van der Waals surface area contributed by atoms with Gasteiger partial charge in [-0.3, -0.25) is 14.3 Å². The molecule has 0 saturated heterocycles. The number of hydrogen-bond acceptors (Lipinski definition) is 5. The zero-order chi connectivity index (χ0) is 17.1. The molecule has 0 saturated carbocycles. The van der Waals surface area contributed by atoms with E-state index < -0.39 is 0 Å². The first kappa shape index (κ1) is 16.1. The summed E-state index contributed by atoms with van der Waals surface area (Å²) in [4.78, 5) is 23.0. The fourth-order valence-corrected chi connectivity index (χ4v) is 3.28. The van der Waals surface area contributed by atoms with E-state index in [0.29, 0.717) is 18.8 Å². The third-order valence-electron chi connectivity index (χ3n) is 3.73. The fourth-order valence-electron chi connectivity index (χ4n) is 2.52. The van der Waals surface area contributed by atoms with E-state index in [9.17, 15) is 9.59 Å². The van der Waals surface area contributed by atoms with Gasteiger partial charge in [0.2, 0.25) is 5.91 Å². The Morgan fingerprint density at radius 2 is 2.08 bits per heavy atom. The number of thiazole rings is 1. The number of aryl methyl sites for hydroxylation is 2. The van der Waals surface area contributed by atoms with Gasteiger partial charge in [-0.2, -0.15) is 0 Å². The zero-order valence-corrected chi connectivity index (χ0v) is 14.0. The Kier molecular flexibility index (Phi) is 4.57. The first-order chi connectivity index (χ1) is 11.5. The van der Waals surface area contributed by atoms with Crippen molar-refractivity contribution in [3.8, 4) is 11.3 Å². The van der Waals surface area contributed by atoms with Crippen LogP contribution in [-0.2, 0) is 24.3 Å². The molecule has 1 aromatic carbocycles. The molecule has 24 heavy (non-hydrogen) atoms. The van der Waals surface area contributed by atoms with Crippen molar-refractivity contribution in [2.75, 3.05) is 0 Å². The predicted molar refractivity (Wildman–Crippen MR) is 91.7 cm³/mol. The summed E-state index contributed by atoms with van der Waals surface area (Å²) in [5, 5.41) is 10.1. The molecule has 7 nitrogen and oxygen atoms in total. The number of nitrogens with zero attached hydrogens (tertiary/aromatic N) is 4. The van der Waals surface area contributed by atoms with E-state index in [4.69, 9.17) is 5.73 Å². The van der Waals surface area contributed by atoms with Crippen LogP contribution in [0.5, 0.6) is 0 Å². The molecule has 2 aromatic heterocycles. The fraction of sp³-hybridized carbons (Fsp3) is 0.250. The van der Waals surface area contributed by atoms with Crippen LogP contribution in [0.2, 0.25) is 0 Å². The van der Waals surface area contributed by atoms with Crippen LogP contribution in [0.1, 0.15) is 11.3 Å². The maximum absolute atomic E-state index is 11.7. The lowest BCUT2D eigenvalue weighted by Gasteiger charge is -2.05. The summed E-state index contributed by atoms with van der Waals surface area (Å²) in [5.41, 5.74) is 8.58. The zero-order valence-electron chi connectivity index (χ0n) is 13.2. The minimum absolute atomic E-state index is 0.0274. The predicted octanol–water partition coefficient (Wildman–Crippen LogP) is 1.20. The van der Waals surface area contributed by atoms with Crippen LogP contribution in [0.15, 0.2) is 40.6 Å². The number of rotatable bonds is 6. The summed E-state index contributed by atoms with van der Waals surface area (Å²) in [6, 6.07) is 7.48. The maximum Gasteiger partial charge on any atom is 0.307 e. The van der Waals surface area contributed by atoms with Gasteiger partial charge in [0.1, 0.15) is 5.69 Å². The maximum atomic E-state index is 11.7. The Morgan fingerprint density at radius 1 is 1.29 bits per heavy atom. The van der Waals surface area contributed by atoms with Crippen LogP contribution in [0.4, 0.5) is 0 Å². The lowest BCUT2D eigenvalue weighted by molar-refractivity contribution is -0.117. The summed E-state index contributed by atoms with van der Waals surface area (Å²) >= 11 is 1.19. The summed E-state index contributed by atoms with van der Waals surface area (Å²) < 4.78 is 3.41. The lowest BCUT2D eigenvalue weighted by Crippen LogP contribution is -2.18. The third kappa shape index (κ3) is 3.43. The molecule has 8 heteroatoms. The topological polar surface area (TPSA) is 95.8 Å². The van der Waals surface area contributed by atoms with Gasteiger partial charge in [0.25, 0.3) is 0 Å². The molecule has 1 amide bonds. The Balaban J connectivity index is 1.79. The van der Waals surface area contributed by atoms with Crippen LogP contribution in [0.3, 0.4) is 0 Å². The van der Waals surface area contributed by atoms with Crippen molar-refractivity contribution < 1.29 is 4.79 Å². The van der Waals surface area contributed by atoms with E-state index in [2.05, 4.69) is 10.3 Å². The van der Waals surface area contributed by atoms with Gasteiger partial charge in [0.15, 0.2) is 0 Å². The van der Waals surface area contributed by atoms with Gasteiger partial charge in [0.05, 0.1) is 19.2 Å². The van der Waals surface area contributed by atoms with Crippen molar-refractivity contribution in [3.05, 3.63) is 56.8 Å². The van der Waals surface area contributed by atoms with Gasteiger partial charge in [-0.1, -0.05) is 40.8 Å². The Morgan fingerprint density at radius 3 is 2.79 bits per heavy atom. The quantitative estimate of drug-likeness (QED) is 0.727. The molecule has 2 heterocycles. The van der Waals surface area contributed by atoms with Crippen molar-refractivity contribution in [3.63, 3.8) is 0 Å². The molecule has 2 N–H and O–H groups in total. The average Bonchev–Trinajstić information content (AvgIpc) is 3.13. The van der Waals surface area contributed by atoms with Gasteiger partial charge in [-0.15, -0.1) is 5.10 Å². The number of amides is 1. The lowest BCUT2D eigenvalue weighted by atomic mass is 10.0. The van der Waals surface area contributed by atoms with Gasteiger partial charge < -0.3 is 10.3 Å². The van der Waals surface area contributed by atoms with Crippen molar-refractivity contribution in [2.45, 2.75) is 26.4 Å². The van der Waals surface area contributed by atoms with Crippen molar-refractivity contribution in [1.29, 1.82) is 0 Å². The second-order valence-corrected chi connectivity index (χ2v) is 6.28. The Labute approximate surface area is 142 Å². The minimum atomic E-state index is -0.387. The van der Waals surface area contributed by atoms with Gasteiger partial charge in [-0.25, -0.2) is 0 Å². The largest absolute Gasteiger partial charge is 0.369 e. The van der Waals surface area contributed by atoms with Crippen LogP contribution >= 0.6 is 11.3 Å². The molecule has 0 spiro atoms. The van der Waals surface area contributed by atoms with E-state index in [1.54, 1.807) is 9.25 Å². The van der Waals surface area contributed by atoms with E-state index in [-0.39, 0.29) is 17.2 Å². The number of nitrogens with two attached hydrogens (primary N) is 1. The summed E-state index contributed by atoms with van der Waals surface area (Å²) in [6.45, 7) is 2.99. The SMILES string of the molecule is Cc1csc(=O)n1CCn1cc(-c2ccccc2CC(N)=O)nn1. The minimum Gasteiger partial charge on any atom is -0.369 e. The Hall–Kier alpha value is -2.74. The van der Waals surface area contributed by atoms with E-state index in [1.165, 1.54) is 11.3 Å². The molecular weight excluding hydrogens is 326 g/mol. The highest BCUT2D eigenvalue weighted by atomic mass is 32.1. The average molecular weight is 343 g/mol. The van der Waals surface area contributed by atoms with E-state index in [0.717, 1.165) is 16.8 Å². The highest BCUT2D eigenvalue weighted by molar-refractivity contribution is 7.07. The molecule has 3 aromatic rings. The van der Waals surface area contributed by atoms with E-state index in [1.807, 2.05) is 42.8 Å². The molecule has 0 aliphatic carbocycles. The standard InChI is InChI=1S/C16H17N5O2S/c1-11-10-24-16(23)21(11)7-6-20-9-14(18-19-20)13-5-3-2-4-12(13)8-15(17)22/h2-5,9-10H,6-8H2,1H3,(H2,17,22). The smallest absolute Gasteiger partial charge is 0.307 e. The highest BCUT2D eigenvalue weighted by Gasteiger charge is 2.11. The highest BCUT2D eigenvalue weighted by Crippen LogP contribution is 2.21. The van der Waals surface area contributed by atoms with Crippen molar-refractivity contribution in [2.24, 2.45) is 5.73 Å². The second kappa shape index (κ2) is 6.79. The van der Waals surface area contributed by atoms with Crippen molar-refractivity contribution in [1.82, 2.24) is 19.6 Å². The molecule has 0 radical (unpaired) electrons. The van der Waals surface area contributed by atoms with Gasteiger partial charge in [0, 0.05) is 23.2 Å². The number of primary amides is 1. The molecule has 0 aliphatic heterocycles. The van der Waals surface area contributed by atoms with Gasteiger partial charge >= 0.3 is 4.87 Å². The number of aromatic nitrogens is 4. The van der Waals surface area contributed by atoms with Crippen LogP contribution in [0.25, 0.3) is 11.3 Å². The molecular formula is C16H17N5O2S. The molecule has 124 valence electrons. The first-order valence-electron chi connectivity index (χ1n) is 7.46. The van der Waals surface area contributed by atoms with Crippen LogP contribution in [-0.4, -0.2) is 25.5 Å². The van der Waals surface area contributed by atoms with Crippen LogP contribution in [0, 0.1) is 6.92 Å². The number of hydrogen-bond donors (Lipinski definition) is 1. The molecule has 0 unspecified atom stereocenters. The van der Waals surface area contributed by atoms with Gasteiger partial charge in [-0.05, 0) is 12.5 Å².